The predicted molar refractivity (Wildman–Crippen MR) is 85.9 cm³/mol. The highest BCUT2D eigenvalue weighted by molar-refractivity contribution is 6.23. The topological polar surface area (TPSA) is 70.1 Å². The quantitative estimate of drug-likeness (QED) is 0.577. The van der Waals surface area contributed by atoms with Crippen molar-refractivity contribution in [3.8, 4) is 0 Å². The van der Waals surface area contributed by atoms with Crippen molar-refractivity contribution >= 4 is 24.1 Å². The molecule has 3 aliphatic rings. The van der Waals surface area contributed by atoms with Crippen LogP contribution in [0.5, 0.6) is 0 Å². The van der Waals surface area contributed by atoms with Crippen molar-refractivity contribution in [2.45, 2.75) is 46.1 Å². The lowest BCUT2D eigenvalue weighted by atomic mass is 9.69. The number of urea groups is 1. The molecule has 2 aliphatic carbocycles. The molecule has 0 radical (unpaired) electrons. The molecule has 1 saturated heterocycles. The van der Waals surface area contributed by atoms with Crippen LogP contribution in [0.4, 0.5) is 4.79 Å². The van der Waals surface area contributed by atoms with Crippen LogP contribution in [0.25, 0.3) is 0 Å². The number of hydrogen-bond acceptors (Lipinski definition) is 4. The van der Waals surface area contributed by atoms with E-state index >= 15 is 0 Å². The minimum Gasteiger partial charge on any atom is -0.292 e. The van der Waals surface area contributed by atoms with Crippen LogP contribution in [-0.2, 0) is 9.59 Å². The molecule has 6 nitrogen and oxygen atoms in total. The van der Waals surface area contributed by atoms with E-state index < -0.39 is 23.8 Å². The maximum absolute atomic E-state index is 12.2. The molecule has 0 aromatic rings. The van der Waals surface area contributed by atoms with Crippen LogP contribution in [0.15, 0.2) is 4.99 Å². The first-order valence-electron chi connectivity index (χ1n) is 8.23. The molecule has 0 aromatic heterocycles. The average molecular weight is 319 g/mol. The van der Waals surface area contributed by atoms with Crippen molar-refractivity contribution in [2.24, 2.45) is 27.7 Å². The van der Waals surface area contributed by atoms with Gasteiger partial charge in [-0.15, -0.1) is 0 Å². The molecular formula is C17H25N3O3. The van der Waals surface area contributed by atoms with Gasteiger partial charge in [-0.2, -0.15) is 0 Å². The zero-order chi connectivity index (χ0) is 17.2. The molecule has 1 aliphatic heterocycles. The van der Waals surface area contributed by atoms with Gasteiger partial charge in [0.05, 0.1) is 6.04 Å². The monoisotopic (exact) mass is 319 g/mol. The molecule has 126 valence electrons. The summed E-state index contributed by atoms with van der Waals surface area (Å²) in [7, 11) is 2.80. The number of fused-ring (bicyclic) bond motifs is 2. The predicted octanol–water partition coefficient (Wildman–Crippen LogP) is 1.94. The van der Waals surface area contributed by atoms with Gasteiger partial charge in [0.25, 0.3) is 0 Å². The van der Waals surface area contributed by atoms with Gasteiger partial charge in [-0.1, -0.05) is 20.8 Å². The second-order valence-corrected chi connectivity index (χ2v) is 7.98. The Balaban J connectivity index is 1.82. The standard InChI is InChI=1S/C17H25N3O3/c1-16(2)10-6-7-17(16,3)12(8-10)18-9-11-13(21)19(4)15(23)20(5)14(11)22/h9-12H,6-8H2,1-5H3/t10-,12-,17-/m1/s1. The van der Waals surface area contributed by atoms with Crippen molar-refractivity contribution in [1.82, 2.24) is 9.80 Å². The molecule has 4 amide bonds. The zero-order valence-corrected chi connectivity index (χ0v) is 14.5. The molecule has 0 spiro atoms. The number of rotatable bonds is 2. The second kappa shape index (κ2) is 4.89. The van der Waals surface area contributed by atoms with E-state index in [0.29, 0.717) is 5.92 Å². The first kappa shape index (κ1) is 16.1. The number of nitrogens with zero attached hydrogens (tertiary/aromatic N) is 3. The molecule has 23 heavy (non-hydrogen) atoms. The summed E-state index contributed by atoms with van der Waals surface area (Å²) in [6, 6.07) is -0.442. The van der Waals surface area contributed by atoms with E-state index in [4.69, 9.17) is 0 Å². The van der Waals surface area contributed by atoms with E-state index in [0.717, 1.165) is 22.6 Å². The van der Waals surface area contributed by atoms with Gasteiger partial charge in [-0.25, -0.2) is 4.79 Å². The fraction of sp³-hybridized carbons (Fsp3) is 0.765. The molecule has 3 fully saturated rings. The number of barbiturate groups is 1. The lowest BCUT2D eigenvalue weighted by molar-refractivity contribution is -0.144. The fourth-order valence-electron chi connectivity index (χ4n) is 4.64. The Labute approximate surface area is 136 Å². The van der Waals surface area contributed by atoms with Crippen LogP contribution in [-0.4, -0.2) is 54.0 Å². The Hall–Kier alpha value is -1.72. The van der Waals surface area contributed by atoms with E-state index in [1.54, 1.807) is 0 Å². The summed E-state index contributed by atoms with van der Waals surface area (Å²) in [4.78, 5) is 42.9. The number of carbonyl (C=O) groups excluding carboxylic acids is 3. The van der Waals surface area contributed by atoms with Gasteiger partial charge >= 0.3 is 6.03 Å². The van der Waals surface area contributed by atoms with Crippen molar-refractivity contribution in [3.63, 3.8) is 0 Å². The van der Waals surface area contributed by atoms with Crippen LogP contribution in [0, 0.1) is 22.7 Å². The smallest absolute Gasteiger partial charge is 0.292 e. The third-order valence-corrected chi connectivity index (χ3v) is 6.93. The maximum atomic E-state index is 12.2. The molecular weight excluding hydrogens is 294 g/mol. The SMILES string of the molecule is CN1C(=O)C(C=N[C@@H]2C[C@H]3CC[C@@]2(C)C3(C)C)C(=O)N(C)C1=O. The largest absolute Gasteiger partial charge is 0.332 e. The van der Waals surface area contributed by atoms with Crippen molar-refractivity contribution in [1.29, 1.82) is 0 Å². The lowest BCUT2D eigenvalue weighted by Gasteiger charge is -2.37. The minimum absolute atomic E-state index is 0.114. The minimum atomic E-state index is -0.978. The number of amides is 4. The average Bonchev–Trinajstić information content (AvgIpc) is 2.84. The van der Waals surface area contributed by atoms with E-state index in [2.05, 4.69) is 25.8 Å². The fourth-order valence-corrected chi connectivity index (χ4v) is 4.64. The molecule has 3 rings (SSSR count). The van der Waals surface area contributed by atoms with Crippen LogP contribution in [0.3, 0.4) is 0 Å². The van der Waals surface area contributed by atoms with E-state index in [-0.39, 0.29) is 16.9 Å². The first-order valence-corrected chi connectivity index (χ1v) is 8.23. The lowest BCUT2D eigenvalue weighted by Crippen LogP contribution is -2.57. The molecule has 0 aromatic carbocycles. The normalized spacial score (nSPS) is 37.5. The summed E-state index contributed by atoms with van der Waals surface area (Å²) in [6.07, 6.45) is 4.87. The number of carbonyl (C=O) groups is 3. The third-order valence-electron chi connectivity index (χ3n) is 6.93. The molecule has 0 unspecified atom stereocenters. The number of hydrogen-bond donors (Lipinski definition) is 0. The van der Waals surface area contributed by atoms with Crippen LogP contribution in [0.1, 0.15) is 40.0 Å². The van der Waals surface area contributed by atoms with Crippen molar-refractivity contribution in [2.75, 3.05) is 14.1 Å². The van der Waals surface area contributed by atoms with Gasteiger partial charge in [0.15, 0.2) is 5.92 Å². The molecule has 1 heterocycles. The highest BCUT2D eigenvalue weighted by Crippen LogP contribution is 2.66. The van der Waals surface area contributed by atoms with Crippen LogP contribution >= 0.6 is 0 Å². The summed E-state index contributed by atoms with van der Waals surface area (Å²) >= 11 is 0. The molecule has 2 bridgehead atoms. The first-order chi connectivity index (χ1) is 10.6. The Bertz CT molecular complexity index is 588. The van der Waals surface area contributed by atoms with Gasteiger partial charge in [0.2, 0.25) is 11.8 Å². The summed E-state index contributed by atoms with van der Waals surface area (Å²) in [5, 5.41) is 0. The van der Waals surface area contributed by atoms with Gasteiger partial charge in [-0.3, -0.25) is 24.4 Å². The zero-order valence-electron chi connectivity index (χ0n) is 14.5. The Kier molecular flexibility index (Phi) is 3.43. The van der Waals surface area contributed by atoms with Gasteiger partial charge in [0.1, 0.15) is 0 Å². The molecule has 0 N–H and O–H groups in total. The summed E-state index contributed by atoms with van der Waals surface area (Å²) in [6.45, 7) is 6.88. The van der Waals surface area contributed by atoms with E-state index in [1.165, 1.54) is 26.7 Å². The number of aliphatic imine (C=N–C) groups is 1. The second-order valence-electron chi connectivity index (χ2n) is 7.98. The van der Waals surface area contributed by atoms with Crippen molar-refractivity contribution < 1.29 is 14.4 Å². The molecule has 3 atom stereocenters. The molecule has 6 heteroatoms. The summed E-state index contributed by atoms with van der Waals surface area (Å²) in [5.74, 6) is -1.31. The van der Waals surface area contributed by atoms with E-state index in [9.17, 15) is 14.4 Å². The Morgan fingerprint density at radius 1 is 1.09 bits per heavy atom. The summed E-state index contributed by atoms with van der Waals surface area (Å²) in [5.41, 5.74) is 0.349. The summed E-state index contributed by atoms with van der Waals surface area (Å²) < 4.78 is 0. The number of imide groups is 2. The third kappa shape index (κ3) is 2.00. The van der Waals surface area contributed by atoms with Gasteiger partial charge in [0, 0.05) is 20.3 Å². The van der Waals surface area contributed by atoms with Crippen LogP contribution in [0.2, 0.25) is 0 Å². The Morgan fingerprint density at radius 2 is 1.65 bits per heavy atom. The van der Waals surface area contributed by atoms with Crippen molar-refractivity contribution in [3.05, 3.63) is 0 Å². The Morgan fingerprint density at radius 3 is 2.09 bits per heavy atom. The highest BCUT2D eigenvalue weighted by atomic mass is 16.2. The maximum Gasteiger partial charge on any atom is 0.332 e. The van der Waals surface area contributed by atoms with Crippen LogP contribution < -0.4 is 0 Å². The highest BCUT2D eigenvalue weighted by Gasteiger charge is 2.61. The van der Waals surface area contributed by atoms with Gasteiger partial charge < -0.3 is 0 Å². The van der Waals surface area contributed by atoms with E-state index in [1.807, 2.05) is 0 Å². The molecule has 2 saturated carbocycles. The van der Waals surface area contributed by atoms with Gasteiger partial charge in [-0.05, 0) is 36.0 Å².